The van der Waals surface area contributed by atoms with Gasteiger partial charge in [-0.25, -0.2) is 0 Å². The standard InChI is InChI=1S/C16H18N2O3/c1-3-18-12(9-11(2)17-18)10-14(19)13-5-4-6-15-16(13)21-8-7-20-15/h4-6,9H,3,7-8,10H2,1-2H3. The van der Waals surface area contributed by atoms with E-state index in [-0.39, 0.29) is 5.78 Å². The third-order valence-corrected chi connectivity index (χ3v) is 3.49. The van der Waals surface area contributed by atoms with Crippen LogP contribution < -0.4 is 9.47 Å². The van der Waals surface area contributed by atoms with Crippen LogP contribution in [0.5, 0.6) is 11.5 Å². The normalized spacial score (nSPS) is 13.2. The molecule has 0 aliphatic carbocycles. The summed E-state index contributed by atoms with van der Waals surface area (Å²) >= 11 is 0. The van der Waals surface area contributed by atoms with Crippen LogP contribution in [0, 0.1) is 6.92 Å². The van der Waals surface area contributed by atoms with Crippen molar-refractivity contribution in [2.75, 3.05) is 13.2 Å². The van der Waals surface area contributed by atoms with Gasteiger partial charge in [0.2, 0.25) is 0 Å². The number of rotatable bonds is 4. The highest BCUT2D eigenvalue weighted by molar-refractivity contribution is 6.00. The molecule has 0 fully saturated rings. The number of para-hydroxylation sites is 1. The largest absolute Gasteiger partial charge is 0.486 e. The van der Waals surface area contributed by atoms with Gasteiger partial charge < -0.3 is 9.47 Å². The van der Waals surface area contributed by atoms with Crippen molar-refractivity contribution >= 4 is 5.78 Å². The van der Waals surface area contributed by atoms with E-state index in [0.29, 0.717) is 36.7 Å². The van der Waals surface area contributed by atoms with E-state index in [0.717, 1.165) is 17.9 Å². The Morgan fingerprint density at radius 1 is 1.33 bits per heavy atom. The molecule has 0 saturated heterocycles. The van der Waals surface area contributed by atoms with Gasteiger partial charge in [-0.05, 0) is 32.0 Å². The van der Waals surface area contributed by atoms with Gasteiger partial charge in [-0.1, -0.05) is 6.07 Å². The Labute approximate surface area is 123 Å². The average molecular weight is 286 g/mol. The van der Waals surface area contributed by atoms with Crippen LogP contribution >= 0.6 is 0 Å². The molecule has 1 aliphatic rings. The van der Waals surface area contributed by atoms with Crippen LogP contribution in [-0.2, 0) is 13.0 Å². The predicted molar refractivity (Wildman–Crippen MR) is 78.1 cm³/mol. The molecule has 2 aromatic rings. The van der Waals surface area contributed by atoms with Crippen molar-refractivity contribution in [3.63, 3.8) is 0 Å². The van der Waals surface area contributed by atoms with E-state index in [1.165, 1.54) is 0 Å². The fourth-order valence-corrected chi connectivity index (χ4v) is 2.57. The van der Waals surface area contributed by atoms with Crippen molar-refractivity contribution in [2.24, 2.45) is 0 Å². The number of ketones is 1. The molecule has 110 valence electrons. The van der Waals surface area contributed by atoms with Crippen molar-refractivity contribution in [1.29, 1.82) is 0 Å². The number of aryl methyl sites for hydroxylation is 2. The summed E-state index contributed by atoms with van der Waals surface area (Å²) in [5, 5.41) is 4.37. The molecule has 0 bridgehead atoms. The van der Waals surface area contributed by atoms with E-state index in [4.69, 9.17) is 9.47 Å². The number of Topliss-reactive ketones (excluding diaryl/α,β-unsaturated/α-hetero) is 1. The molecule has 2 heterocycles. The summed E-state index contributed by atoms with van der Waals surface area (Å²) in [5.41, 5.74) is 2.43. The van der Waals surface area contributed by atoms with Gasteiger partial charge in [-0.15, -0.1) is 0 Å². The first-order valence-corrected chi connectivity index (χ1v) is 7.14. The summed E-state index contributed by atoms with van der Waals surface area (Å²) in [6.45, 7) is 5.70. The van der Waals surface area contributed by atoms with Crippen LogP contribution in [0.3, 0.4) is 0 Å². The van der Waals surface area contributed by atoms with Crippen LogP contribution in [0.2, 0.25) is 0 Å². The predicted octanol–water partition coefficient (Wildman–Crippen LogP) is 2.41. The van der Waals surface area contributed by atoms with Crippen molar-refractivity contribution < 1.29 is 14.3 Å². The maximum atomic E-state index is 12.6. The lowest BCUT2D eigenvalue weighted by molar-refractivity contribution is 0.0979. The minimum Gasteiger partial charge on any atom is -0.486 e. The second-order valence-corrected chi connectivity index (χ2v) is 5.02. The molecule has 0 radical (unpaired) electrons. The minimum absolute atomic E-state index is 0.0203. The Morgan fingerprint density at radius 3 is 2.95 bits per heavy atom. The highest BCUT2D eigenvalue weighted by Gasteiger charge is 2.21. The third-order valence-electron chi connectivity index (χ3n) is 3.49. The lowest BCUT2D eigenvalue weighted by atomic mass is 10.0. The molecule has 1 aliphatic heterocycles. The van der Waals surface area contributed by atoms with E-state index < -0.39 is 0 Å². The molecule has 5 nitrogen and oxygen atoms in total. The number of carbonyl (C=O) groups excluding carboxylic acids is 1. The van der Waals surface area contributed by atoms with E-state index in [9.17, 15) is 4.79 Å². The first kappa shape index (κ1) is 13.7. The Hall–Kier alpha value is -2.30. The van der Waals surface area contributed by atoms with Gasteiger partial charge in [0, 0.05) is 12.2 Å². The van der Waals surface area contributed by atoms with E-state index in [1.54, 1.807) is 6.07 Å². The third kappa shape index (κ3) is 2.63. The van der Waals surface area contributed by atoms with Gasteiger partial charge in [-0.2, -0.15) is 5.10 Å². The lowest BCUT2D eigenvalue weighted by Crippen LogP contribution is -2.18. The van der Waals surface area contributed by atoms with Gasteiger partial charge in [0.1, 0.15) is 13.2 Å². The molecule has 1 aromatic carbocycles. The first-order chi connectivity index (χ1) is 10.2. The first-order valence-electron chi connectivity index (χ1n) is 7.14. The number of hydrogen-bond acceptors (Lipinski definition) is 4. The SMILES string of the molecule is CCn1nc(C)cc1CC(=O)c1cccc2c1OCCO2. The maximum Gasteiger partial charge on any atom is 0.172 e. The van der Waals surface area contributed by atoms with Crippen molar-refractivity contribution in [3.05, 3.63) is 41.2 Å². The highest BCUT2D eigenvalue weighted by Crippen LogP contribution is 2.34. The van der Waals surface area contributed by atoms with E-state index >= 15 is 0 Å². The van der Waals surface area contributed by atoms with Crippen LogP contribution in [0.1, 0.15) is 28.7 Å². The topological polar surface area (TPSA) is 53.4 Å². The molecular weight excluding hydrogens is 268 g/mol. The fraction of sp³-hybridized carbons (Fsp3) is 0.375. The Kier molecular flexibility index (Phi) is 3.64. The molecule has 0 atom stereocenters. The molecule has 0 spiro atoms. The summed E-state index contributed by atoms with van der Waals surface area (Å²) in [6, 6.07) is 7.39. The number of nitrogens with zero attached hydrogens (tertiary/aromatic N) is 2. The van der Waals surface area contributed by atoms with Crippen molar-refractivity contribution in [2.45, 2.75) is 26.8 Å². The van der Waals surface area contributed by atoms with Crippen LogP contribution in [-0.4, -0.2) is 28.8 Å². The average Bonchev–Trinajstić information content (AvgIpc) is 2.86. The van der Waals surface area contributed by atoms with Crippen LogP contribution in [0.4, 0.5) is 0 Å². The molecule has 0 amide bonds. The molecule has 0 unspecified atom stereocenters. The van der Waals surface area contributed by atoms with Gasteiger partial charge in [0.15, 0.2) is 17.3 Å². The smallest absolute Gasteiger partial charge is 0.172 e. The minimum atomic E-state index is 0.0203. The van der Waals surface area contributed by atoms with Crippen LogP contribution in [0.25, 0.3) is 0 Å². The second-order valence-electron chi connectivity index (χ2n) is 5.02. The van der Waals surface area contributed by atoms with Crippen molar-refractivity contribution in [3.8, 4) is 11.5 Å². The number of fused-ring (bicyclic) bond motifs is 1. The Bertz CT molecular complexity index is 676. The monoisotopic (exact) mass is 286 g/mol. The molecule has 21 heavy (non-hydrogen) atoms. The molecule has 5 heteroatoms. The summed E-state index contributed by atoms with van der Waals surface area (Å²) in [4.78, 5) is 12.6. The van der Waals surface area contributed by atoms with Gasteiger partial charge in [0.25, 0.3) is 0 Å². The molecule has 1 aromatic heterocycles. The Balaban J connectivity index is 1.89. The highest BCUT2D eigenvalue weighted by atomic mass is 16.6. The lowest BCUT2D eigenvalue weighted by Gasteiger charge is -2.20. The Morgan fingerprint density at radius 2 is 2.14 bits per heavy atom. The molecular formula is C16H18N2O3. The number of ether oxygens (including phenoxy) is 2. The number of hydrogen-bond donors (Lipinski definition) is 0. The van der Waals surface area contributed by atoms with Gasteiger partial charge in [-0.3, -0.25) is 9.48 Å². The zero-order valence-corrected chi connectivity index (χ0v) is 12.3. The zero-order valence-electron chi connectivity index (χ0n) is 12.3. The van der Waals surface area contributed by atoms with Crippen LogP contribution in [0.15, 0.2) is 24.3 Å². The van der Waals surface area contributed by atoms with E-state index in [2.05, 4.69) is 5.10 Å². The molecule has 3 rings (SSSR count). The summed E-state index contributed by atoms with van der Waals surface area (Å²) in [5.74, 6) is 1.23. The fourth-order valence-electron chi connectivity index (χ4n) is 2.57. The second kappa shape index (κ2) is 5.60. The number of benzene rings is 1. The number of carbonyl (C=O) groups is 1. The van der Waals surface area contributed by atoms with Crippen molar-refractivity contribution in [1.82, 2.24) is 9.78 Å². The summed E-state index contributed by atoms with van der Waals surface area (Å²) < 4.78 is 13.0. The van der Waals surface area contributed by atoms with Gasteiger partial charge >= 0.3 is 0 Å². The maximum absolute atomic E-state index is 12.6. The number of aromatic nitrogens is 2. The summed E-state index contributed by atoms with van der Waals surface area (Å²) in [7, 11) is 0. The quantitative estimate of drug-likeness (QED) is 0.810. The molecule has 0 N–H and O–H groups in total. The summed E-state index contributed by atoms with van der Waals surface area (Å²) in [6.07, 6.45) is 0.314. The van der Waals surface area contributed by atoms with Gasteiger partial charge in [0.05, 0.1) is 17.7 Å². The zero-order chi connectivity index (χ0) is 14.8. The van der Waals surface area contributed by atoms with E-state index in [1.807, 2.05) is 36.7 Å². The molecule has 0 saturated carbocycles.